The van der Waals surface area contributed by atoms with Gasteiger partial charge in [-0.2, -0.15) is 0 Å². The van der Waals surface area contributed by atoms with Gasteiger partial charge in [-0.3, -0.25) is 24.1 Å². The summed E-state index contributed by atoms with van der Waals surface area (Å²) in [5.74, 6) is -2.26. The summed E-state index contributed by atoms with van der Waals surface area (Å²) in [5, 5.41) is 8.96. The first kappa shape index (κ1) is 21.9. The van der Waals surface area contributed by atoms with Gasteiger partial charge in [0.15, 0.2) is 11.5 Å². The molecule has 0 spiro atoms. The highest BCUT2D eigenvalue weighted by atomic mass is 32.2. The van der Waals surface area contributed by atoms with Crippen molar-refractivity contribution in [3.05, 3.63) is 35.0 Å². The molecule has 1 amide bonds. The summed E-state index contributed by atoms with van der Waals surface area (Å²) in [6, 6.07) is 4.04. The highest BCUT2D eigenvalue weighted by molar-refractivity contribution is 8.14. The lowest BCUT2D eigenvalue weighted by atomic mass is 10.1. The first-order valence-electron chi connectivity index (χ1n) is 8.74. The van der Waals surface area contributed by atoms with Crippen LogP contribution in [0.4, 0.5) is 0 Å². The van der Waals surface area contributed by atoms with Gasteiger partial charge in [-0.05, 0) is 23.8 Å². The van der Waals surface area contributed by atoms with Gasteiger partial charge in [-0.1, -0.05) is 11.8 Å². The van der Waals surface area contributed by atoms with Crippen molar-refractivity contribution in [1.29, 1.82) is 0 Å². The average molecular weight is 451 g/mol. The Labute approximate surface area is 179 Å². The third-order valence-corrected chi connectivity index (χ3v) is 6.47. The summed E-state index contributed by atoms with van der Waals surface area (Å²) in [5.41, 5.74) is 0.624. The number of amides is 1. The van der Waals surface area contributed by atoms with Gasteiger partial charge in [0.2, 0.25) is 11.0 Å². The van der Waals surface area contributed by atoms with Crippen LogP contribution < -0.4 is 9.47 Å². The van der Waals surface area contributed by atoms with E-state index in [0.717, 1.165) is 11.8 Å². The number of nitrogens with zero attached hydrogens (tertiary/aromatic N) is 1. The molecule has 11 heteroatoms. The van der Waals surface area contributed by atoms with Gasteiger partial charge in [-0.15, -0.1) is 11.8 Å². The number of carboxylic acids is 1. The van der Waals surface area contributed by atoms with E-state index in [1.54, 1.807) is 0 Å². The van der Waals surface area contributed by atoms with Crippen molar-refractivity contribution in [2.24, 2.45) is 0 Å². The number of ether oxygens (including phenoxy) is 2. The zero-order valence-electron chi connectivity index (χ0n) is 16.0. The van der Waals surface area contributed by atoms with Gasteiger partial charge in [0, 0.05) is 30.9 Å². The van der Waals surface area contributed by atoms with Crippen LogP contribution in [0.5, 0.6) is 11.5 Å². The Bertz CT molecular complexity index is 987. The smallest absolute Gasteiger partial charge is 0.352 e. The van der Waals surface area contributed by atoms with Crippen molar-refractivity contribution < 1.29 is 38.6 Å². The van der Waals surface area contributed by atoms with Crippen LogP contribution in [0.1, 0.15) is 30.6 Å². The van der Waals surface area contributed by atoms with Crippen LogP contribution in [0.3, 0.4) is 0 Å². The second-order valence-electron chi connectivity index (χ2n) is 6.42. The van der Waals surface area contributed by atoms with Crippen molar-refractivity contribution >= 4 is 52.5 Å². The summed E-state index contributed by atoms with van der Waals surface area (Å²) in [7, 11) is 0. The van der Waals surface area contributed by atoms with Gasteiger partial charge >= 0.3 is 17.9 Å². The Hall–Kier alpha value is -2.79. The zero-order valence-corrected chi connectivity index (χ0v) is 17.6. The molecular formula is C19H17NO8S2. The van der Waals surface area contributed by atoms with Crippen molar-refractivity contribution in [2.75, 3.05) is 11.5 Å². The normalized spacial score (nSPS) is 17.7. The Morgan fingerprint density at radius 2 is 1.83 bits per heavy atom. The maximum absolute atomic E-state index is 12.6. The van der Waals surface area contributed by atoms with E-state index >= 15 is 0 Å². The van der Waals surface area contributed by atoms with Crippen LogP contribution in [-0.2, 0) is 19.2 Å². The summed E-state index contributed by atoms with van der Waals surface area (Å²) < 4.78 is 9.98. The molecule has 1 aromatic rings. The lowest BCUT2D eigenvalue weighted by molar-refractivity contribution is -0.146. The molecule has 1 saturated heterocycles. The van der Waals surface area contributed by atoms with Crippen molar-refractivity contribution in [2.45, 2.75) is 25.6 Å². The molecule has 1 atom stereocenters. The first-order chi connectivity index (χ1) is 14.2. The molecule has 1 aromatic carbocycles. The number of benzene rings is 1. The monoisotopic (exact) mass is 451 g/mol. The Morgan fingerprint density at radius 1 is 1.17 bits per heavy atom. The minimum Gasteiger partial charge on any atom is -0.477 e. The highest BCUT2D eigenvalue weighted by Crippen LogP contribution is 2.41. The predicted octanol–water partition coefficient (Wildman–Crippen LogP) is 2.05. The Morgan fingerprint density at radius 3 is 2.43 bits per heavy atom. The van der Waals surface area contributed by atoms with E-state index in [-0.39, 0.29) is 39.8 Å². The molecule has 0 saturated carbocycles. The molecule has 2 heterocycles. The molecule has 1 N–H and O–H groups in total. The number of rotatable bonds is 6. The van der Waals surface area contributed by atoms with Gasteiger partial charge < -0.3 is 14.6 Å². The summed E-state index contributed by atoms with van der Waals surface area (Å²) >= 11 is 2.34. The second kappa shape index (κ2) is 8.92. The highest BCUT2D eigenvalue weighted by Gasteiger charge is 2.45. The van der Waals surface area contributed by atoms with Crippen molar-refractivity contribution in [3.63, 3.8) is 0 Å². The lowest BCUT2D eigenvalue weighted by Crippen LogP contribution is -2.54. The van der Waals surface area contributed by atoms with Crippen LogP contribution in [0, 0.1) is 0 Å². The van der Waals surface area contributed by atoms with Crippen LogP contribution in [0.25, 0.3) is 0 Å². The fourth-order valence-electron chi connectivity index (χ4n) is 2.93. The van der Waals surface area contributed by atoms with E-state index in [2.05, 4.69) is 0 Å². The van der Waals surface area contributed by atoms with E-state index in [1.165, 1.54) is 48.7 Å². The standard InChI is InChI=1S/C19H17NO8S2/c1-9(21)27-13-4-3-11(5-14(13)28-10(2)22)19(26)30-8-12-7-29-16-6-15(23)20(16)17(12)18(24)25/h3-5,16H,6-8H2,1-2H3,(H,24,25)/t16-/m0/s1. The molecule has 1 fully saturated rings. The topological polar surface area (TPSA) is 127 Å². The minimum atomic E-state index is -1.20. The molecule has 0 unspecified atom stereocenters. The third-order valence-electron chi connectivity index (χ3n) is 4.20. The Balaban J connectivity index is 1.77. The summed E-state index contributed by atoms with van der Waals surface area (Å²) in [6.07, 6.45) is 0.314. The van der Waals surface area contributed by atoms with Gasteiger partial charge in [0.1, 0.15) is 5.70 Å². The van der Waals surface area contributed by atoms with Crippen LogP contribution in [-0.4, -0.2) is 55.8 Å². The average Bonchev–Trinajstić information content (AvgIpc) is 2.65. The molecule has 3 rings (SSSR count). The molecule has 2 aliphatic rings. The van der Waals surface area contributed by atoms with E-state index < -0.39 is 23.0 Å². The van der Waals surface area contributed by atoms with Gasteiger partial charge in [0.05, 0.1) is 11.8 Å². The number of thioether (sulfide) groups is 2. The number of β-lactam (4-membered cyclic amide) rings is 1. The van der Waals surface area contributed by atoms with E-state index in [4.69, 9.17) is 9.47 Å². The fourth-order valence-corrected chi connectivity index (χ4v) is 5.17. The largest absolute Gasteiger partial charge is 0.477 e. The minimum absolute atomic E-state index is 0.00106. The van der Waals surface area contributed by atoms with E-state index in [0.29, 0.717) is 17.7 Å². The van der Waals surface area contributed by atoms with Crippen LogP contribution in [0.15, 0.2) is 29.5 Å². The molecule has 0 aromatic heterocycles. The maximum Gasteiger partial charge on any atom is 0.352 e. The molecular weight excluding hydrogens is 434 g/mol. The van der Waals surface area contributed by atoms with E-state index in [1.807, 2.05) is 0 Å². The number of carboxylic acid groups (broad SMARTS) is 1. The summed E-state index contributed by atoms with van der Waals surface area (Å²) in [4.78, 5) is 59.8. The van der Waals surface area contributed by atoms with Gasteiger partial charge in [0.25, 0.3) is 0 Å². The number of hydrogen-bond donors (Lipinski definition) is 1. The number of fused-ring (bicyclic) bond motifs is 1. The third kappa shape index (κ3) is 4.68. The van der Waals surface area contributed by atoms with Gasteiger partial charge in [-0.25, -0.2) is 4.79 Å². The Kier molecular flexibility index (Phi) is 6.52. The number of hydrogen-bond acceptors (Lipinski definition) is 9. The van der Waals surface area contributed by atoms with E-state index in [9.17, 15) is 29.1 Å². The lowest BCUT2D eigenvalue weighted by Gasteiger charge is -2.43. The van der Waals surface area contributed by atoms with Crippen molar-refractivity contribution in [3.8, 4) is 11.5 Å². The second-order valence-corrected chi connectivity index (χ2v) is 8.53. The maximum atomic E-state index is 12.6. The number of esters is 2. The molecule has 9 nitrogen and oxygen atoms in total. The molecule has 30 heavy (non-hydrogen) atoms. The zero-order chi connectivity index (χ0) is 22.0. The number of aliphatic carboxylic acids is 1. The predicted molar refractivity (Wildman–Crippen MR) is 108 cm³/mol. The molecule has 158 valence electrons. The van der Waals surface area contributed by atoms with Crippen LogP contribution in [0.2, 0.25) is 0 Å². The fraction of sp³-hybridized carbons (Fsp3) is 0.316. The van der Waals surface area contributed by atoms with Crippen LogP contribution >= 0.6 is 23.5 Å². The quantitative estimate of drug-likeness (QED) is 0.390. The number of carbonyl (C=O) groups excluding carboxylic acids is 4. The molecule has 0 bridgehead atoms. The number of carbonyl (C=O) groups is 5. The molecule has 2 aliphatic heterocycles. The first-order valence-corrected chi connectivity index (χ1v) is 10.8. The SMILES string of the molecule is CC(=O)Oc1ccc(C(=O)SCC2=C(C(=O)O)N3C(=O)C[C@@H]3SC2)cc1OC(C)=O. The molecule has 0 aliphatic carbocycles. The molecule has 0 radical (unpaired) electrons. The van der Waals surface area contributed by atoms with Crippen molar-refractivity contribution in [1.82, 2.24) is 4.90 Å². The summed E-state index contributed by atoms with van der Waals surface area (Å²) in [6.45, 7) is 2.36.